The first kappa shape index (κ1) is 23.5. The number of amides is 1. The van der Waals surface area contributed by atoms with E-state index in [4.69, 9.17) is 9.47 Å². The van der Waals surface area contributed by atoms with Crippen LogP contribution in [0.1, 0.15) is 48.9 Å². The van der Waals surface area contributed by atoms with Gasteiger partial charge in [0.2, 0.25) is 5.78 Å². The largest absolute Gasteiger partial charge is 0.872 e. The molecule has 0 radical (unpaired) electrons. The van der Waals surface area contributed by atoms with E-state index in [9.17, 15) is 14.7 Å². The summed E-state index contributed by atoms with van der Waals surface area (Å²) in [5.74, 6) is -1.13. The number of H-pyrrole nitrogens is 1. The van der Waals surface area contributed by atoms with E-state index in [1.54, 1.807) is 49.8 Å². The Balaban J connectivity index is 2.01. The first-order valence-electron chi connectivity index (χ1n) is 10.9. The van der Waals surface area contributed by atoms with Gasteiger partial charge in [-0.2, -0.15) is 0 Å². The number of aromatic amines is 1. The number of nitrogens with zero attached hydrogens (tertiary/aromatic N) is 1. The van der Waals surface area contributed by atoms with Gasteiger partial charge in [0.25, 0.3) is 5.91 Å². The number of methoxy groups -OCH3 is 1. The zero-order chi connectivity index (χ0) is 23.1. The Morgan fingerprint density at radius 2 is 2.00 bits per heavy atom. The van der Waals surface area contributed by atoms with Crippen molar-refractivity contribution in [3.63, 3.8) is 0 Å². The third-order valence-corrected chi connectivity index (χ3v) is 5.52. The molecule has 3 rings (SSSR count). The van der Waals surface area contributed by atoms with Crippen LogP contribution in [0.5, 0.6) is 5.75 Å². The summed E-state index contributed by atoms with van der Waals surface area (Å²) >= 11 is 0. The molecule has 2 heterocycles. The highest BCUT2D eigenvalue weighted by Crippen LogP contribution is 2.38. The molecule has 1 aliphatic rings. The molecular formula is C25H30N2O5. The van der Waals surface area contributed by atoms with Crippen molar-refractivity contribution >= 4 is 17.4 Å². The van der Waals surface area contributed by atoms with Gasteiger partial charge in [0.15, 0.2) is 12.4 Å². The van der Waals surface area contributed by atoms with Gasteiger partial charge in [-0.05, 0) is 49.1 Å². The Morgan fingerprint density at radius 1 is 1.19 bits per heavy atom. The lowest BCUT2D eigenvalue weighted by Crippen LogP contribution is -2.31. The minimum absolute atomic E-state index is 0.0222. The highest BCUT2D eigenvalue weighted by atomic mass is 16.5. The van der Waals surface area contributed by atoms with Crippen molar-refractivity contribution in [2.75, 3.05) is 26.9 Å². The molecule has 0 saturated carbocycles. The molecule has 2 aromatic rings. The molecule has 7 heteroatoms. The fourth-order valence-corrected chi connectivity index (χ4v) is 3.84. The molecule has 0 aliphatic carbocycles. The number of aryl methyl sites for hydroxylation is 1. The topological polar surface area (TPSA) is 93.0 Å². The van der Waals surface area contributed by atoms with Crippen molar-refractivity contribution in [2.45, 2.75) is 39.2 Å². The van der Waals surface area contributed by atoms with Crippen LogP contribution in [-0.2, 0) is 14.3 Å². The molecule has 7 nitrogen and oxygen atoms in total. The molecule has 1 aliphatic heterocycles. The highest BCUT2D eigenvalue weighted by Gasteiger charge is 2.44. The predicted molar refractivity (Wildman–Crippen MR) is 117 cm³/mol. The van der Waals surface area contributed by atoms with Crippen molar-refractivity contribution in [1.29, 1.82) is 0 Å². The van der Waals surface area contributed by atoms with Gasteiger partial charge in [-0.3, -0.25) is 9.59 Å². The zero-order valence-corrected chi connectivity index (χ0v) is 18.8. The molecule has 32 heavy (non-hydrogen) atoms. The standard InChI is InChI=1S/C25H30N2O5/c1-4-5-14-32-20-10-9-18(15-17(20)2)23(28)21-22(19-8-6-11-26-16-19)27(12-7-13-31-3)25(30)24(21)29/h6,8-11,15-16,22,28H,4-5,7,12-14H2,1-3H3/b23-21+. The van der Waals surface area contributed by atoms with Gasteiger partial charge in [-0.15, -0.1) is 0 Å². The third kappa shape index (κ3) is 4.99. The summed E-state index contributed by atoms with van der Waals surface area (Å²) in [6.45, 7) is 5.34. The number of carbonyl (C=O) groups excluding carboxylic acids is 2. The van der Waals surface area contributed by atoms with Gasteiger partial charge >= 0.3 is 0 Å². The highest BCUT2D eigenvalue weighted by molar-refractivity contribution is 6.46. The summed E-state index contributed by atoms with van der Waals surface area (Å²) in [7, 11) is 1.58. The third-order valence-electron chi connectivity index (χ3n) is 5.52. The fraction of sp³-hybridized carbons (Fsp3) is 0.400. The Kier molecular flexibility index (Phi) is 8.00. The number of nitrogens with one attached hydrogen (secondary N) is 1. The normalized spacial score (nSPS) is 17.7. The maximum atomic E-state index is 13.5. The fourth-order valence-electron chi connectivity index (χ4n) is 3.84. The van der Waals surface area contributed by atoms with Gasteiger partial charge < -0.3 is 19.5 Å². The molecule has 1 unspecified atom stereocenters. The summed E-state index contributed by atoms with van der Waals surface area (Å²) in [6, 6.07) is 7.98. The Labute approximate surface area is 188 Å². The lowest BCUT2D eigenvalue weighted by Gasteiger charge is -2.26. The summed E-state index contributed by atoms with van der Waals surface area (Å²) in [5, 5.41) is 13.5. The molecular weight excluding hydrogens is 408 g/mol. The average molecular weight is 439 g/mol. The number of ketones is 1. The number of ether oxygens (including phenoxy) is 2. The summed E-state index contributed by atoms with van der Waals surface area (Å²) in [4.78, 5) is 30.2. The molecule has 0 spiro atoms. The molecule has 1 amide bonds. The Hall–Kier alpha value is -3.19. The van der Waals surface area contributed by atoms with E-state index in [0.717, 1.165) is 18.4 Å². The number of rotatable bonds is 10. The number of benzene rings is 1. The van der Waals surface area contributed by atoms with Crippen LogP contribution in [0.3, 0.4) is 0 Å². The first-order valence-corrected chi connectivity index (χ1v) is 10.9. The van der Waals surface area contributed by atoms with Gasteiger partial charge in [-0.1, -0.05) is 25.2 Å². The van der Waals surface area contributed by atoms with Crippen LogP contribution in [0.15, 0.2) is 48.3 Å². The molecule has 1 saturated heterocycles. The second-order valence-corrected chi connectivity index (χ2v) is 7.84. The van der Waals surface area contributed by atoms with E-state index >= 15 is 0 Å². The molecule has 1 aromatic heterocycles. The summed E-state index contributed by atoms with van der Waals surface area (Å²) in [6.07, 6.45) is 5.99. The van der Waals surface area contributed by atoms with Gasteiger partial charge in [0.1, 0.15) is 5.75 Å². The van der Waals surface area contributed by atoms with Crippen molar-refractivity contribution in [2.24, 2.45) is 0 Å². The maximum Gasteiger partial charge on any atom is 0.295 e. The van der Waals surface area contributed by atoms with E-state index in [-0.39, 0.29) is 5.57 Å². The van der Waals surface area contributed by atoms with E-state index in [1.165, 1.54) is 4.90 Å². The first-order chi connectivity index (χ1) is 15.5. The van der Waals surface area contributed by atoms with Crippen LogP contribution in [-0.4, -0.2) is 43.5 Å². The summed E-state index contributed by atoms with van der Waals surface area (Å²) in [5.41, 5.74) is 1.84. The van der Waals surface area contributed by atoms with Crippen LogP contribution in [0.2, 0.25) is 0 Å². The number of carbonyl (C=O) groups is 2. The number of unbranched alkanes of at least 4 members (excludes halogenated alkanes) is 1. The number of aromatic nitrogens is 1. The van der Waals surface area contributed by atoms with Crippen LogP contribution < -0.4 is 14.8 Å². The van der Waals surface area contributed by atoms with Crippen LogP contribution >= 0.6 is 0 Å². The van der Waals surface area contributed by atoms with Gasteiger partial charge in [-0.25, -0.2) is 4.98 Å². The van der Waals surface area contributed by atoms with Crippen LogP contribution in [0.25, 0.3) is 5.76 Å². The monoisotopic (exact) mass is 438 g/mol. The molecule has 1 aromatic carbocycles. The van der Waals surface area contributed by atoms with Gasteiger partial charge in [0.05, 0.1) is 12.6 Å². The van der Waals surface area contributed by atoms with Crippen molar-refractivity contribution in [3.05, 3.63) is 65.0 Å². The van der Waals surface area contributed by atoms with Crippen molar-refractivity contribution < 1.29 is 29.2 Å². The van der Waals surface area contributed by atoms with Crippen molar-refractivity contribution in [1.82, 2.24) is 4.90 Å². The minimum atomic E-state index is -0.748. The number of likely N-dealkylation sites (tertiary alicyclic amines) is 1. The average Bonchev–Trinajstić information content (AvgIpc) is 3.05. The van der Waals surface area contributed by atoms with E-state index in [1.807, 2.05) is 6.92 Å². The van der Waals surface area contributed by atoms with E-state index < -0.39 is 23.5 Å². The quantitative estimate of drug-likeness (QED) is 0.246. The molecule has 1 N–H and O–H groups in total. The Morgan fingerprint density at radius 3 is 2.66 bits per heavy atom. The van der Waals surface area contributed by atoms with Gasteiger partial charge in [0, 0.05) is 37.5 Å². The second-order valence-electron chi connectivity index (χ2n) is 7.84. The number of hydrogen-bond acceptors (Lipinski definition) is 5. The van der Waals surface area contributed by atoms with E-state index in [0.29, 0.717) is 43.1 Å². The molecule has 1 atom stereocenters. The number of hydrogen-bond donors (Lipinski definition) is 0. The summed E-state index contributed by atoms with van der Waals surface area (Å²) < 4.78 is 10.9. The predicted octanol–water partition coefficient (Wildman–Crippen LogP) is 2.25. The molecule has 170 valence electrons. The lowest BCUT2D eigenvalue weighted by molar-refractivity contribution is -0.379. The lowest BCUT2D eigenvalue weighted by atomic mass is 9.95. The zero-order valence-electron chi connectivity index (χ0n) is 18.8. The Bertz CT molecular complexity index is 987. The molecule has 0 bridgehead atoms. The SMILES string of the molecule is CCCCOc1ccc(/C([O-])=C2\C(=O)C(=O)N(CCCOC)C2c2ccc[nH+]c2)cc1C. The maximum absolute atomic E-state index is 13.5. The van der Waals surface area contributed by atoms with Crippen LogP contribution in [0.4, 0.5) is 0 Å². The molecule has 1 fully saturated rings. The van der Waals surface area contributed by atoms with Crippen LogP contribution in [0, 0.1) is 6.92 Å². The smallest absolute Gasteiger partial charge is 0.295 e. The second kappa shape index (κ2) is 10.9. The van der Waals surface area contributed by atoms with Crippen molar-refractivity contribution in [3.8, 4) is 5.75 Å². The minimum Gasteiger partial charge on any atom is -0.872 e. The number of Topliss-reactive ketones (excluding diaryl/α,β-unsaturated/α-hetero) is 1. The van der Waals surface area contributed by atoms with E-state index in [2.05, 4.69) is 11.9 Å². The number of pyridine rings is 1.